The lowest BCUT2D eigenvalue weighted by atomic mass is 10.0. The first-order valence-electron chi connectivity index (χ1n) is 6.42. The maximum absolute atomic E-state index is 13.7. The molecule has 0 saturated carbocycles. The Bertz CT molecular complexity index is 537. The van der Waals surface area contributed by atoms with Crippen molar-refractivity contribution < 1.29 is 13.6 Å². The van der Waals surface area contributed by atoms with Gasteiger partial charge in [-0.05, 0) is 25.0 Å². The first kappa shape index (κ1) is 14.3. The first-order chi connectivity index (χ1) is 9.51. The summed E-state index contributed by atoms with van der Waals surface area (Å²) in [6, 6.07) is 3.64. The molecule has 0 atom stereocenters. The molecule has 0 aromatic heterocycles. The average Bonchev–Trinajstić information content (AvgIpc) is 2.43. The van der Waals surface area contributed by atoms with Crippen molar-refractivity contribution >= 4 is 11.6 Å². The van der Waals surface area contributed by atoms with Crippen molar-refractivity contribution in [3.8, 4) is 6.07 Å². The smallest absolute Gasteiger partial charge is 0.219 e. The van der Waals surface area contributed by atoms with Gasteiger partial charge in [0, 0.05) is 26.1 Å². The SMILES string of the molecule is CC(=O)N1CCC(Nc2c(F)cc(C#N)cc2F)CC1. The van der Waals surface area contributed by atoms with Crippen LogP contribution in [0.1, 0.15) is 25.3 Å². The third-order valence-corrected chi connectivity index (χ3v) is 3.46. The molecule has 1 N–H and O–H groups in total. The minimum atomic E-state index is -0.768. The zero-order valence-electron chi connectivity index (χ0n) is 11.1. The summed E-state index contributed by atoms with van der Waals surface area (Å²) in [6.45, 7) is 2.66. The van der Waals surface area contributed by atoms with Crippen LogP contribution < -0.4 is 5.32 Å². The predicted octanol–water partition coefficient (Wildman–Crippen LogP) is 2.26. The van der Waals surface area contributed by atoms with Gasteiger partial charge < -0.3 is 10.2 Å². The molecule has 106 valence electrons. The molecule has 0 spiro atoms. The Labute approximate surface area is 116 Å². The van der Waals surface area contributed by atoms with Gasteiger partial charge in [0.15, 0.2) is 11.6 Å². The van der Waals surface area contributed by atoms with E-state index in [9.17, 15) is 13.6 Å². The molecule has 0 bridgehead atoms. The molecule has 0 aliphatic carbocycles. The highest BCUT2D eigenvalue weighted by molar-refractivity contribution is 5.73. The van der Waals surface area contributed by atoms with E-state index in [1.165, 1.54) is 6.92 Å². The summed E-state index contributed by atoms with van der Waals surface area (Å²) in [5.74, 6) is -1.52. The fourth-order valence-electron chi connectivity index (χ4n) is 2.32. The van der Waals surface area contributed by atoms with E-state index in [-0.39, 0.29) is 23.2 Å². The quantitative estimate of drug-likeness (QED) is 0.903. The molecule has 0 unspecified atom stereocenters. The maximum Gasteiger partial charge on any atom is 0.219 e. The van der Waals surface area contributed by atoms with Crippen LogP contribution in [0.5, 0.6) is 0 Å². The molecule has 0 radical (unpaired) electrons. The number of nitrogens with one attached hydrogen (secondary N) is 1. The number of halogens is 2. The van der Waals surface area contributed by atoms with Gasteiger partial charge in [0.25, 0.3) is 0 Å². The van der Waals surface area contributed by atoms with Crippen LogP contribution >= 0.6 is 0 Å². The van der Waals surface area contributed by atoms with E-state index in [0.29, 0.717) is 25.9 Å². The molecule has 1 heterocycles. The number of likely N-dealkylation sites (tertiary alicyclic amines) is 1. The molecule has 1 saturated heterocycles. The van der Waals surface area contributed by atoms with Crippen molar-refractivity contribution in [1.29, 1.82) is 5.26 Å². The molecule has 1 aromatic carbocycles. The van der Waals surface area contributed by atoms with Crippen molar-refractivity contribution in [2.24, 2.45) is 0 Å². The second kappa shape index (κ2) is 5.87. The minimum absolute atomic E-state index is 0.0131. The van der Waals surface area contributed by atoms with Crippen LogP contribution in [0.2, 0.25) is 0 Å². The normalized spacial score (nSPS) is 15.8. The van der Waals surface area contributed by atoms with Crippen molar-refractivity contribution in [3.63, 3.8) is 0 Å². The molecular weight excluding hydrogens is 264 g/mol. The van der Waals surface area contributed by atoms with E-state index >= 15 is 0 Å². The average molecular weight is 279 g/mol. The first-order valence-corrected chi connectivity index (χ1v) is 6.42. The summed E-state index contributed by atoms with van der Waals surface area (Å²) in [7, 11) is 0. The van der Waals surface area contributed by atoms with Gasteiger partial charge in [0.2, 0.25) is 5.91 Å². The summed E-state index contributed by atoms with van der Waals surface area (Å²) in [5.41, 5.74) is -0.248. The van der Waals surface area contributed by atoms with Crippen molar-refractivity contribution in [1.82, 2.24) is 4.90 Å². The predicted molar refractivity (Wildman–Crippen MR) is 70.0 cm³/mol. The van der Waals surface area contributed by atoms with E-state index in [1.54, 1.807) is 11.0 Å². The molecule has 1 fully saturated rings. The van der Waals surface area contributed by atoms with Crippen LogP contribution in [0.3, 0.4) is 0 Å². The Morgan fingerprint density at radius 3 is 2.35 bits per heavy atom. The van der Waals surface area contributed by atoms with Crippen LogP contribution in [0.4, 0.5) is 14.5 Å². The van der Waals surface area contributed by atoms with Gasteiger partial charge in [-0.15, -0.1) is 0 Å². The molecule has 20 heavy (non-hydrogen) atoms. The number of hydrogen-bond donors (Lipinski definition) is 1. The van der Waals surface area contributed by atoms with E-state index in [0.717, 1.165) is 12.1 Å². The Balaban J connectivity index is 2.05. The number of nitriles is 1. The van der Waals surface area contributed by atoms with Gasteiger partial charge in [0.05, 0.1) is 11.6 Å². The van der Waals surface area contributed by atoms with Crippen LogP contribution in [0.15, 0.2) is 12.1 Å². The lowest BCUT2D eigenvalue weighted by Crippen LogP contribution is -2.41. The number of piperidine rings is 1. The zero-order chi connectivity index (χ0) is 14.7. The Kier molecular flexibility index (Phi) is 4.18. The Hall–Kier alpha value is -2.16. The van der Waals surface area contributed by atoms with Crippen LogP contribution in [-0.4, -0.2) is 29.9 Å². The van der Waals surface area contributed by atoms with Crippen molar-refractivity contribution in [3.05, 3.63) is 29.3 Å². The van der Waals surface area contributed by atoms with Gasteiger partial charge in [0.1, 0.15) is 5.69 Å². The third kappa shape index (κ3) is 3.05. The van der Waals surface area contributed by atoms with Crippen LogP contribution in [-0.2, 0) is 4.79 Å². The van der Waals surface area contributed by atoms with E-state index < -0.39 is 11.6 Å². The summed E-state index contributed by atoms with van der Waals surface area (Å²) in [5, 5.41) is 11.5. The highest BCUT2D eigenvalue weighted by Gasteiger charge is 2.22. The molecule has 2 rings (SSSR count). The van der Waals surface area contributed by atoms with Gasteiger partial charge in [-0.3, -0.25) is 4.79 Å². The summed E-state index contributed by atoms with van der Waals surface area (Å²) >= 11 is 0. The Morgan fingerprint density at radius 1 is 1.35 bits per heavy atom. The second-order valence-electron chi connectivity index (χ2n) is 4.85. The monoisotopic (exact) mass is 279 g/mol. The third-order valence-electron chi connectivity index (χ3n) is 3.46. The largest absolute Gasteiger partial charge is 0.377 e. The summed E-state index contributed by atoms with van der Waals surface area (Å²) < 4.78 is 27.5. The molecule has 6 heteroatoms. The highest BCUT2D eigenvalue weighted by Crippen LogP contribution is 2.24. The zero-order valence-corrected chi connectivity index (χ0v) is 11.1. The van der Waals surface area contributed by atoms with Crippen molar-refractivity contribution in [2.45, 2.75) is 25.8 Å². The van der Waals surface area contributed by atoms with E-state index in [2.05, 4.69) is 5.32 Å². The molecule has 1 aliphatic heterocycles. The number of benzene rings is 1. The summed E-state index contributed by atoms with van der Waals surface area (Å²) in [4.78, 5) is 12.9. The van der Waals surface area contributed by atoms with Crippen LogP contribution in [0.25, 0.3) is 0 Å². The fourth-order valence-corrected chi connectivity index (χ4v) is 2.32. The van der Waals surface area contributed by atoms with Gasteiger partial charge in [-0.2, -0.15) is 5.26 Å². The number of amides is 1. The lowest BCUT2D eigenvalue weighted by Gasteiger charge is -2.32. The lowest BCUT2D eigenvalue weighted by molar-refractivity contribution is -0.129. The molecule has 1 aromatic rings. The highest BCUT2D eigenvalue weighted by atomic mass is 19.1. The molecule has 4 nitrogen and oxygen atoms in total. The summed E-state index contributed by atoms with van der Waals surface area (Å²) in [6.07, 6.45) is 1.27. The number of carbonyl (C=O) groups excluding carboxylic acids is 1. The molecule has 1 amide bonds. The van der Waals surface area contributed by atoms with Gasteiger partial charge in [-0.25, -0.2) is 8.78 Å². The number of rotatable bonds is 2. The van der Waals surface area contributed by atoms with Crippen LogP contribution in [0, 0.1) is 23.0 Å². The number of anilines is 1. The number of hydrogen-bond acceptors (Lipinski definition) is 3. The maximum atomic E-state index is 13.7. The van der Waals surface area contributed by atoms with E-state index in [1.807, 2.05) is 0 Å². The second-order valence-corrected chi connectivity index (χ2v) is 4.85. The minimum Gasteiger partial charge on any atom is -0.377 e. The standard InChI is InChI=1S/C14H15F2N3O/c1-9(20)19-4-2-11(3-5-19)18-14-12(15)6-10(8-17)7-13(14)16/h6-7,11,18H,2-5H2,1H3. The fraction of sp³-hybridized carbons (Fsp3) is 0.429. The van der Waals surface area contributed by atoms with E-state index in [4.69, 9.17) is 5.26 Å². The van der Waals surface area contributed by atoms with Crippen molar-refractivity contribution in [2.75, 3.05) is 18.4 Å². The molecular formula is C14H15F2N3O. The number of carbonyl (C=O) groups is 1. The Morgan fingerprint density at radius 2 is 1.90 bits per heavy atom. The molecule has 1 aliphatic rings. The number of nitrogens with zero attached hydrogens (tertiary/aromatic N) is 2. The van der Waals surface area contributed by atoms with Gasteiger partial charge >= 0.3 is 0 Å². The van der Waals surface area contributed by atoms with Gasteiger partial charge in [-0.1, -0.05) is 0 Å². The topological polar surface area (TPSA) is 56.1 Å².